The lowest BCUT2D eigenvalue weighted by molar-refractivity contribution is 0.501. The van der Waals surface area contributed by atoms with Gasteiger partial charge in [-0.3, -0.25) is 0 Å². The number of rotatable bonds is 6. The summed E-state index contributed by atoms with van der Waals surface area (Å²) in [6.07, 6.45) is 2.22. The highest BCUT2D eigenvalue weighted by Crippen LogP contribution is 2.17. The molecule has 0 radical (unpaired) electrons. The van der Waals surface area contributed by atoms with Gasteiger partial charge in [0.1, 0.15) is 5.82 Å². The fourth-order valence-electron chi connectivity index (χ4n) is 1.58. The molecule has 0 saturated carbocycles. The monoisotopic (exact) mass is 285 g/mol. The molecule has 0 aliphatic carbocycles. The maximum absolute atomic E-state index is 5.57. The molecule has 1 rings (SSSR count). The number of nitrogens with one attached hydrogen (secondary N) is 1. The van der Waals surface area contributed by atoms with Crippen LogP contribution < -0.4 is 11.1 Å². The van der Waals surface area contributed by atoms with Crippen LogP contribution in [0.25, 0.3) is 0 Å². The van der Waals surface area contributed by atoms with Crippen LogP contribution in [0.5, 0.6) is 0 Å². The maximum Gasteiger partial charge on any atom is 0.126 e. The van der Waals surface area contributed by atoms with Gasteiger partial charge in [-0.15, -0.1) is 0 Å². The van der Waals surface area contributed by atoms with Gasteiger partial charge in [0.2, 0.25) is 0 Å². The molecule has 0 amide bonds. The number of halogens is 1. The van der Waals surface area contributed by atoms with E-state index in [1.807, 2.05) is 19.1 Å². The molecular formula is C12H20BrN3. The average Bonchev–Trinajstić information content (AvgIpc) is 2.28. The lowest BCUT2D eigenvalue weighted by Crippen LogP contribution is -2.17. The summed E-state index contributed by atoms with van der Waals surface area (Å²) in [5.74, 6) is 1.58. The van der Waals surface area contributed by atoms with Gasteiger partial charge in [0.15, 0.2) is 0 Å². The maximum atomic E-state index is 5.57. The molecule has 1 atom stereocenters. The Morgan fingerprint density at radius 3 is 2.81 bits per heavy atom. The Labute approximate surface area is 106 Å². The van der Waals surface area contributed by atoms with Crippen LogP contribution in [0.15, 0.2) is 16.6 Å². The molecule has 0 aromatic carbocycles. The Bertz CT molecular complexity index is 328. The van der Waals surface area contributed by atoms with Crippen molar-refractivity contribution in [2.75, 3.05) is 18.4 Å². The molecule has 90 valence electrons. The van der Waals surface area contributed by atoms with E-state index in [-0.39, 0.29) is 0 Å². The molecular weight excluding hydrogens is 266 g/mol. The number of aryl methyl sites for hydroxylation is 1. The van der Waals surface area contributed by atoms with Gasteiger partial charge in [-0.25, -0.2) is 4.98 Å². The van der Waals surface area contributed by atoms with Gasteiger partial charge in [0.25, 0.3) is 0 Å². The highest BCUT2D eigenvalue weighted by Gasteiger charge is 2.05. The summed E-state index contributed by atoms with van der Waals surface area (Å²) in [7, 11) is 0. The Morgan fingerprint density at radius 2 is 2.25 bits per heavy atom. The summed E-state index contributed by atoms with van der Waals surface area (Å²) in [6.45, 7) is 5.89. The summed E-state index contributed by atoms with van der Waals surface area (Å²) >= 11 is 3.44. The summed E-state index contributed by atoms with van der Waals surface area (Å²) in [5, 5.41) is 3.36. The van der Waals surface area contributed by atoms with Crippen molar-refractivity contribution in [1.82, 2.24) is 4.98 Å². The van der Waals surface area contributed by atoms with Crippen molar-refractivity contribution in [3.63, 3.8) is 0 Å². The van der Waals surface area contributed by atoms with Gasteiger partial charge < -0.3 is 11.1 Å². The second kappa shape index (κ2) is 6.86. The Kier molecular flexibility index (Phi) is 5.77. The van der Waals surface area contributed by atoms with Crippen molar-refractivity contribution >= 4 is 21.7 Å². The minimum absolute atomic E-state index is 0.635. The van der Waals surface area contributed by atoms with Crippen molar-refractivity contribution < 1.29 is 0 Å². The smallest absolute Gasteiger partial charge is 0.126 e. The Hall–Kier alpha value is -0.610. The van der Waals surface area contributed by atoms with E-state index in [1.165, 1.54) is 0 Å². The minimum Gasteiger partial charge on any atom is -0.370 e. The third-order valence-electron chi connectivity index (χ3n) is 2.75. The van der Waals surface area contributed by atoms with E-state index in [0.29, 0.717) is 5.92 Å². The fourth-order valence-corrected chi connectivity index (χ4v) is 1.80. The number of nitrogens with zero attached hydrogens (tertiary/aromatic N) is 1. The summed E-state index contributed by atoms with van der Waals surface area (Å²) < 4.78 is 1.05. The standard InChI is InChI=1S/C12H20BrN3/c1-3-10(6-7-14)8-15-12-5-4-11(13)9(2)16-12/h4-5,10H,3,6-8,14H2,1-2H3,(H,15,16). The van der Waals surface area contributed by atoms with Crippen LogP contribution in [0.2, 0.25) is 0 Å². The molecule has 1 unspecified atom stereocenters. The topological polar surface area (TPSA) is 50.9 Å². The summed E-state index contributed by atoms with van der Waals surface area (Å²) in [5.41, 5.74) is 6.58. The van der Waals surface area contributed by atoms with Gasteiger partial charge in [-0.05, 0) is 53.9 Å². The molecule has 3 nitrogen and oxygen atoms in total. The minimum atomic E-state index is 0.635. The van der Waals surface area contributed by atoms with Gasteiger partial charge in [-0.2, -0.15) is 0 Å². The van der Waals surface area contributed by atoms with Gasteiger partial charge in [0, 0.05) is 11.0 Å². The molecule has 0 bridgehead atoms. The molecule has 0 aliphatic rings. The highest BCUT2D eigenvalue weighted by atomic mass is 79.9. The third kappa shape index (κ3) is 4.10. The van der Waals surface area contributed by atoms with Crippen LogP contribution in [0.1, 0.15) is 25.5 Å². The number of nitrogens with two attached hydrogens (primary N) is 1. The number of pyridine rings is 1. The van der Waals surface area contributed by atoms with Crippen molar-refractivity contribution in [1.29, 1.82) is 0 Å². The zero-order valence-corrected chi connectivity index (χ0v) is 11.5. The predicted molar refractivity (Wildman–Crippen MR) is 72.6 cm³/mol. The van der Waals surface area contributed by atoms with Crippen molar-refractivity contribution in [2.45, 2.75) is 26.7 Å². The number of aromatic nitrogens is 1. The van der Waals surface area contributed by atoms with Crippen LogP contribution in [-0.4, -0.2) is 18.1 Å². The zero-order valence-electron chi connectivity index (χ0n) is 9.96. The van der Waals surface area contributed by atoms with E-state index in [2.05, 4.69) is 33.2 Å². The first-order chi connectivity index (χ1) is 7.67. The largest absolute Gasteiger partial charge is 0.370 e. The Morgan fingerprint density at radius 1 is 1.50 bits per heavy atom. The molecule has 16 heavy (non-hydrogen) atoms. The predicted octanol–water partition coefficient (Wildman–Crippen LogP) is 2.94. The first kappa shape index (κ1) is 13.5. The molecule has 1 heterocycles. The number of hydrogen-bond acceptors (Lipinski definition) is 3. The van der Waals surface area contributed by atoms with E-state index in [4.69, 9.17) is 5.73 Å². The van der Waals surface area contributed by atoms with E-state index in [9.17, 15) is 0 Å². The fraction of sp³-hybridized carbons (Fsp3) is 0.583. The zero-order chi connectivity index (χ0) is 12.0. The van der Waals surface area contributed by atoms with E-state index < -0.39 is 0 Å². The molecule has 0 spiro atoms. The molecule has 1 aromatic heterocycles. The summed E-state index contributed by atoms with van der Waals surface area (Å²) in [6, 6.07) is 4.01. The molecule has 0 fully saturated rings. The SMILES string of the molecule is CCC(CCN)CNc1ccc(Br)c(C)n1. The van der Waals surface area contributed by atoms with Gasteiger partial charge in [-0.1, -0.05) is 13.3 Å². The quantitative estimate of drug-likeness (QED) is 0.845. The first-order valence-electron chi connectivity index (χ1n) is 5.74. The lowest BCUT2D eigenvalue weighted by atomic mass is 10.0. The van der Waals surface area contributed by atoms with Crippen LogP contribution in [-0.2, 0) is 0 Å². The van der Waals surface area contributed by atoms with E-state index >= 15 is 0 Å². The van der Waals surface area contributed by atoms with Crippen LogP contribution in [0.3, 0.4) is 0 Å². The number of hydrogen-bond donors (Lipinski definition) is 2. The van der Waals surface area contributed by atoms with E-state index in [0.717, 1.165) is 41.9 Å². The van der Waals surface area contributed by atoms with E-state index in [1.54, 1.807) is 0 Å². The van der Waals surface area contributed by atoms with Crippen LogP contribution >= 0.6 is 15.9 Å². The molecule has 3 N–H and O–H groups in total. The molecule has 0 aliphatic heterocycles. The number of anilines is 1. The second-order valence-electron chi connectivity index (χ2n) is 4.00. The van der Waals surface area contributed by atoms with Crippen molar-refractivity contribution in [3.05, 3.63) is 22.3 Å². The van der Waals surface area contributed by atoms with Crippen LogP contribution in [0.4, 0.5) is 5.82 Å². The lowest BCUT2D eigenvalue weighted by Gasteiger charge is -2.15. The Balaban J connectivity index is 2.50. The van der Waals surface area contributed by atoms with Crippen molar-refractivity contribution in [3.8, 4) is 0 Å². The van der Waals surface area contributed by atoms with Crippen LogP contribution in [0, 0.1) is 12.8 Å². The van der Waals surface area contributed by atoms with Gasteiger partial charge >= 0.3 is 0 Å². The molecule has 1 aromatic rings. The second-order valence-corrected chi connectivity index (χ2v) is 4.85. The first-order valence-corrected chi connectivity index (χ1v) is 6.53. The molecule has 0 saturated heterocycles. The molecule has 4 heteroatoms. The van der Waals surface area contributed by atoms with Crippen molar-refractivity contribution in [2.24, 2.45) is 11.7 Å². The highest BCUT2D eigenvalue weighted by molar-refractivity contribution is 9.10. The normalized spacial score (nSPS) is 12.5. The average molecular weight is 286 g/mol. The third-order valence-corrected chi connectivity index (χ3v) is 3.58. The van der Waals surface area contributed by atoms with Gasteiger partial charge in [0.05, 0.1) is 5.69 Å². The summed E-state index contributed by atoms with van der Waals surface area (Å²) in [4.78, 5) is 4.45.